The molecule has 1 spiro atoms. The number of rotatable bonds is 5. The highest BCUT2D eigenvalue weighted by Crippen LogP contribution is 2.38. The van der Waals surface area contributed by atoms with Gasteiger partial charge in [-0.25, -0.2) is 0 Å². The Morgan fingerprint density at radius 3 is 3.04 bits per heavy atom. The van der Waals surface area contributed by atoms with E-state index in [0.29, 0.717) is 12.0 Å². The van der Waals surface area contributed by atoms with Crippen LogP contribution in [0, 0.1) is 5.41 Å². The molecule has 0 aliphatic carbocycles. The quantitative estimate of drug-likeness (QED) is 0.643. The minimum atomic E-state index is -0.0984. The molecule has 3 rings (SSSR count). The summed E-state index contributed by atoms with van der Waals surface area (Å²) in [4.78, 5) is 7.21. The molecule has 2 saturated heterocycles. The molecule has 0 radical (unpaired) electrons. The predicted octanol–water partition coefficient (Wildman–Crippen LogP) is 3.11. The Morgan fingerprint density at radius 1 is 1.48 bits per heavy atom. The Labute approximate surface area is 155 Å². The summed E-state index contributed by atoms with van der Waals surface area (Å²) in [6.45, 7) is 7.35. The number of halogens is 1. The van der Waals surface area contributed by atoms with E-state index in [1.54, 1.807) is 7.11 Å². The fourth-order valence-corrected chi connectivity index (χ4v) is 3.90. The summed E-state index contributed by atoms with van der Waals surface area (Å²) in [6.07, 6.45) is 2.24. The highest BCUT2D eigenvalue weighted by Gasteiger charge is 2.42. The summed E-state index contributed by atoms with van der Waals surface area (Å²) in [6, 6.07) is 7.80. The second-order valence-electron chi connectivity index (χ2n) is 6.95. The van der Waals surface area contributed by atoms with Crippen LogP contribution in [-0.2, 0) is 9.47 Å². The largest absolute Gasteiger partial charge is 0.381 e. The summed E-state index contributed by atoms with van der Waals surface area (Å²) in [7, 11) is 1.72. The molecular weight excluding hydrogens is 338 g/mol. The Balaban J connectivity index is 1.69. The molecule has 2 aliphatic rings. The monoisotopic (exact) mass is 365 g/mol. The summed E-state index contributed by atoms with van der Waals surface area (Å²) < 4.78 is 11.3. The smallest absolute Gasteiger partial charge is 0.194 e. The maximum atomic E-state index is 6.11. The van der Waals surface area contributed by atoms with E-state index < -0.39 is 0 Å². The summed E-state index contributed by atoms with van der Waals surface area (Å²) in [5.41, 5.74) is 1.38. The minimum absolute atomic E-state index is 0.0984. The first-order chi connectivity index (χ1) is 12.2. The van der Waals surface area contributed by atoms with Gasteiger partial charge < -0.3 is 19.7 Å². The molecule has 6 heteroatoms. The van der Waals surface area contributed by atoms with Gasteiger partial charge in [0.05, 0.1) is 13.2 Å². The maximum Gasteiger partial charge on any atom is 0.194 e. The Morgan fingerprint density at radius 2 is 2.36 bits per heavy atom. The molecule has 1 aromatic rings. The molecule has 0 bridgehead atoms. The third-order valence-electron chi connectivity index (χ3n) is 5.17. The third kappa shape index (κ3) is 4.46. The molecular formula is C19H28ClN3O2. The van der Waals surface area contributed by atoms with Gasteiger partial charge >= 0.3 is 0 Å². The van der Waals surface area contributed by atoms with Gasteiger partial charge in [0.2, 0.25) is 0 Å². The third-order valence-corrected chi connectivity index (χ3v) is 5.40. The average Bonchev–Trinajstić information content (AvgIpc) is 3.25. The van der Waals surface area contributed by atoms with Crippen molar-refractivity contribution in [2.45, 2.75) is 25.9 Å². The van der Waals surface area contributed by atoms with Crippen LogP contribution in [0.3, 0.4) is 0 Å². The molecule has 0 aromatic heterocycles. The number of hydrogen-bond acceptors (Lipinski definition) is 3. The highest BCUT2D eigenvalue weighted by atomic mass is 35.5. The van der Waals surface area contributed by atoms with Crippen LogP contribution in [0.4, 0.5) is 0 Å². The zero-order chi connectivity index (χ0) is 17.7. The van der Waals surface area contributed by atoms with Gasteiger partial charge in [0.1, 0.15) is 6.10 Å². The number of aliphatic imine (C=N–C) groups is 1. The molecule has 138 valence electrons. The maximum absolute atomic E-state index is 6.11. The number of likely N-dealkylation sites (tertiary alicyclic amines) is 1. The van der Waals surface area contributed by atoms with Gasteiger partial charge in [0.15, 0.2) is 5.96 Å². The molecule has 2 fully saturated rings. The van der Waals surface area contributed by atoms with E-state index in [9.17, 15) is 0 Å². The lowest BCUT2D eigenvalue weighted by atomic mass is 9.87. The van der Waals surface area contributed by atoms with Crippen LogP contribution in [0.5, 0.6) is 0 Å². The van der Waals surface area contributed by atoms with Gasteiger partial charge in [0.25, 0.3) is 0 Å². The summed E-state index contributed by atoms with van der Waals surface area (Å²) in [5.74, 6) is 0.968. The number of methoxy groups -OCH3 is 1. The summed E-state index contributed by atoms with van der Waals surface area (Å²) in [5, 5.41) is 4.15. The standard InChI is InChI=1S/C19H28ClN3O2/c1-3-21-18(23-9-7-19(13-23)8-10-25-14-19)22-12-17(24-2)15-5-4-6-16(20)11-15/h4-6,11,17H,3,7-10,12-14H2,1-2H3,(H,21,22). The lowest BCUT2D eigenvalue weighted by molar-refractivity contribution is 0.110. The second kappa shape index (κ2) is 8.39. The number of nitrogens with one attached hydrogen (secondary N) is 1. The van der Waals surface area contributed by atoms with Crippen LogP contribution in [-0.4, -0.2) is 57.4 Å². The fourth-order valence-electron chi connectivity index (χ4n) is 3.71. The van der Waals surface area contributed by atoms with Gasteiger partial charge in [-0.1, -0.05) is 23.7 Å². The highest BCUT2D eigenvalue weighted by molar-refractivity contribution is 6.30. The van der Waals surface area contributed by atoms with Gasteiger partial charge in [-0.3, -0.25) is 4.99 Å². The van der Waals surface area contributed by atoms with E-state index in [-0.39, 0.29) is 6.10 Å². The van der Waals surface area contributed by atoms with E-state index in [1.165, 1.54) is 6.42 Å². The van der Waals surface area contributed by atoms with E-state index in [0.717, 1.165) is 55.8 Å². The molecule has 2 aliphatic heterocycles. The number of ether oxygens (including phenoxy) is 2. The van der Waals surface area contributed by atoms with Crippen molar-refractivity contribution in [2.24, 2.45) is 10.4 Å². The zero-order valence-corrected chi connectivity index (χ0v) is 15.9. The normalized spacial score (nSPS) is 24.9. The predicted molar refractivity (Wildman–Crippen MR) is 101 cm³/mol. The molecule has 25 heavy (non-hydrogen) atoms. The zero-order valence-electron chi connectivity index (χ0n) is 15.1. The van der Waals surface area contributed by atoms with Crippen molar-refractivity contribution in [3.8, 4) is 0 Å². The first kappa shape index (κ1) is 18.5. The van der Waals surface area contributed by atoms with Crippen LogP contribution in [0.25, 0.3) is 0 Å². The van der Waals surface area contributed by atoms with Crippen molar-refractivity contribution >= 4 is 17.6 Å². The van der Waals surface area contributed by atoms with Crippen LogP contribution < -0.4 is 5.32 Å². The fraction of sp³-hybridized carbons (Fsp3) is 0.632. The lowest BCUT2D eigenvalue weighted by Crippen LogP contribution is -2.41. The van der Waals surface area contributed by atoms with Crippen molar-refractivity contribution in [2.75, 3.05) is 46.5 Å². The number of nitrogens with zero attached hydrogens (tertiary/aromatic N) is 2. The van der Waals surface area contributed by atoms with Crippen LogP contribution in [0.15, 0.2) is 29.3 Å². The molecule has 5 nitrogen and oxygen atoms in total. The first-order valence-corrected chi connectivity index (χ1v) is 9.43. The average molecular weight is 366 g/mol. The molecule has 1 N–H and O–H groups in total. The van der Waals surface area contributed by atoms with Gasteiger partial charge in [-0.2, -0.15) is 0 Å². The van der Waals surface area contributed by atoms with Crippen molar-refractivity contribution < 1.29 is 9.47 Å². The number of benzene rings is 1. The van der Waals surface area contributed by atoms with Crippen LogP contribution in [0.1, 0.15) is 31.4 Å². The van der Waals surface area contributed by atoms with E-state index >= 15 is 0 Å². The molecule has 0 saturated carbocycles. The Bertz CT molecular complexity index is 602. The minimum Gasteiger partial charge on any atom is -0.381 e. The van der Waals surface area contributed by atoms with Gasteiger partial charge in [-0.05, 0) is 37.5 Å². The molecule has 2 unspecified atom stereocenters. The van der Waals surface area contributed by atoms with E-state index in [2.05, 4.69) is 17.1 Å². The van der Waals surface area contributed by atoms with E-state index in [1.807, 2.05) is 24.3 Å². The molecule has 1 aromatic carbocycles. The Hall–Kier alpha value is -1.30. The number of hydrogen-bond donors (Lipinski definition) is 1. The van der Waals surface area contributed by atoms with Crippen LogP contribution >= 0.6 is 11.6 Å². The molecule has 2 atom stereocenters. The van der Waals surface area contributed by atoms with Crippen LogP contribution in [0.2, 0.25) is 5.02 Å². The van der Waals surface area contributed by atoms with Crippen molar-refractivity contribution in [1.82, 2.24) is 10.2 Å². The van der Waals surface area contributed by atoms with Gasteiger partial charge in [0, 0.05) is 43.8 Å². The number of guanidine groups is 1. The van der Waals surface area contributed by atoms with Crippen molar-refractivity contribution in [3.05, 3.63) is 34.9 Å². The first-order valence-electron chi connectivity index (χ1n) is 9.05. The lowest BCUT2D eigenvalue weighted by Gasteiger charge is -2.25. The van der Waals surface area contributed by atoms with Gasteiger partial charge in [-0.15, -0.1) is 0 Å². The molecule has 0 amide bonds. The summed E-state index contributed by atoms with van der Waals surface area (Å²) >= 11 is 6.11. The second-order valence-corrected chi connectivity index (χ2v) is 7.38. The van der Waals surface area contributed by atoms with Crippen molar-refractivity contribution in [3.63, 3.8) is 0 Å². The SMILES string of the molecule is CCNC(=NCC(OC)c1cccc(Cl)c1)N1CCC2(CCOC2)C1. The van der Waals surface area contributed by atoms with E-state index in [4.69, 9.17) is 26.1 Å². The van der Waals surface area contributed by atoms with Crippen molar-refractivity contribution in [1.29, 1.82) is 0 Å². The Kier molecular flexibility index (Phi) is 6.20. The topological polar surface area (TPSA) is 46.1 Å². The molecule has 2 heterocycles.